The van der Waals surface area contributed by atoms with Crippen molar-refractivity contribution in [2.75, 3.05) is 11.9 Å². The molecule has 18 heavy (non-hydrogen) atoms. The molecule has 4 nitrogen and oxygen atoms in total. The molecule has 0 aliphatic heterocycles. The van der Waals surface area contributed by atoms with Gasteiger partial charge in [0.1, 0.15) is 0 Å². The van der Waals surface area contributed by atoms with Gasteiger partial charge < -0.3 is 10.4 Å². The molecule has 2 N–H and O–H groups in total. The Morgan fingerprint density at radius 3 is 2.56 bits per heavy atom. The molecule has 4 heteroatoms. The lowest BCUT2D eigenvalue weighted by Gasteiger charge is -2.12. The van der Waals surface area contributed by atoms with Gasteiger partial charge in [-0.25, -0.2) is 9.97 Å². The van der Waals surface area contributed by atoms with Crippen LogP contribution in [-0.2, 0) is 0 Å². The Labute approximate surface area is 107 Å². The zero-order chi connectivity index (χ0) is 13.0. The first-order valence-electron chi connectivity index (χ1n) is 5.92. The van der Waals surface area contributed by atoms with Crippen molar-refractivity contribution in [1.82, 2.24) is 9.97 Å². The zero-order valence-electron chi connectivity index (χ0n) is 10.6. The SMILES string of the molecule is Cc1cnc(NCC(O)c2cccc(C)c2)nc1. The highest BCUT2D eigenvalue weighted by atomic mass is 16.3. The predicted octanol–water partition coefficient (Wildman–Crippen LogP) is 2.24. The van der Waals surface area contributed by atoms with Crippen molar-refractivity contribution in [1.29, 1.82) is 0 Å². The van der Waals surface area contributed by atoms with Crippen LogP contribution in [0.1, 0.15) is 22.8 Å². The minimum absolute atomic E-state index is 0.395. The van der Waals surface area contributed by atoms with Gasteiger partial charge in [0, 0.05) is 18.9 Å². The van der Waals surface area contributed by atoms with Gasteiger partial charge in [-0.05, 0) is 25.0 Å². The molecule has 0 spiro atoms. The van der Waals surface area contributed by atoms with Crippen LogP contribution in [-0.4, -0.2) is 21.6 Å². The molecule has 2 aromatic rings. The van der Waals surface area contributed by atoms with Crippen LogP contribution in [0.3, 0.4) is 0 Å². The van der Waals surface area contributed by atoms with Gasteiger partial charge in [-0.1, -0.05) is 29.8 Å². The van der Waals surface area contributed by atoms with Crippen LogP contribution >= 0.6 is 0 Å². The van der Waals surface area contributed by atoms with Gasteiger partial charge >= 0.3 is 0 Å². The second kappa shape index (κ2) is 5.60. The number of hydrogen-bond acceptors (Lipinski definition) is 4. The van der Waals surface area contributed by atoms with Crippen LogP contribution in [0.15, 0.2) is 36.7 Å². The minimum Gasteiger partial charge on any atom is -0.387 e. The van der Waals surface area contributed by atoms with Gasteiger partial charge in [-0.3, -0.25) is 0 Å². The van der Waals surface area contributed by atoms with E-state index in [0.29, 0.717) is 12.5 Å². The van der Waals surface area contributed by atoms with Crippen LogP contribution < -0.4 is 5.32 Å². The number of hydrogen-bond donors (Lipinski definition) is 2. The largest absolute Gasteiger partial charge is 0.387 e. The van der Waals surface area contributed by atoms with Crippen LogP contribution in [0.4, 0.5) is 5.95 Å². The molecular weight excluding hydrogens is 226 g/mol. The van der Waals surface area contributed by atoms with Crippen molar-refractivity contribution in [3.63, 3.8) is 0 Å². The summed E-state index contributed by atoms with van der Waals surface area (Å²) in [7, 11) is 0. The molecule has 0 saturated carbocycles. The molecule has 0 radical (unpaired) electrons. The fourth-order valence-electron chi connectivity index (χ4n) is 1.67. The van der Waals surface area contributed by atoms with Gasteiger partial charge in [-0.2, -0.15) is 0 Å². The van der Waals surface area contributed by atoms with E-state index in [9.17, 15) is 5.11 Å². The quantitative estimate of drug-likeness (QED) is 0.864. The first-order valence-corrected chi connectivity index (χ1v) is 5.92. The molecule has 1 aromatic carbocycles. The molecule has 0 saturated heterocycles. The summed E-state index contributed by atoms with van der Waals surface area (Å²) in [5.74, 6) is 0.535. The van der Waals surface area contributed by atoms with Gasteiger partial charge in [0.2, 0.25) is 5.95 Å². The molecule has 1 aromatic heterocycles. The summed E-state index contributed by atoms with van der Waals surface area (Å²) in [5.41, 5.74) is 3.05. The molecule has 0 aliphatic carbocycles. The molecule has 1 unspecified atom stereocenters. The third kappa shape index (κ3) is 3.28. The summed E-state index contributed by atoms with van der Waals surface area (Å²) in [4.78, 5) is 8.26. The number of nitrogens with one attached hydrogen (secondary N) is 1. The summed E-state index contributed by atoms with van der Waals surface area (Å²) in [6, 6.07) is 7.83. The fourth-order valence-corrected chi connectivity index (χ4v) is 1.67. The Hall–Kier alpha value is -1.94. The van der Waals surface area contributed by atoms with E-state index >= 15 is 0 Å². The van der Waals surface area contributed by atoms with Gasteiger partial charge in [-0.15, -0.1) is 0 Å². The van der Waals surface area contributed by atoms with E-state index in [-0.39, 0.29) is 0 Å². The van der Waals surface area contributed by atoms with E-state index in [1.54, 1.807) is 12.4 Å². The van der Waals surface area contributed by atoms with Crippen molar-refractivity contribution >= 4 is 5.95 Å². The number of aliphatic hydroxyl groups is 1. The molecule has 0 amide bonds. The summed E-state index contributed by atoms with van der Waals surface area (Å²) in [5, 5.41) is 13.1. The Kier molecular flexibility index (Phi) is 3.89. The van der Waals surface area contributed by atoms with E-state index in [4.69, 9.17) is 0 Å². The van der Waals surface area contributed by atoms with Crippen LogP contribution in [0.5, 0.6) is 0 Å². The standard InChI is InChI=1S/C14H17N3O/c1-10-4-3-5-12(6-10)13(18)9-17-14-15-7-11(2)8-16-14/h3-8,13,18H,9H2,1-2H3,(H,15,16,17). The molecular formula is C14H17N3O. The number of benzene rings is 1. The van der Waals surface area contributed by atoms with Gasteiger partial charge in [0.25, 0.3) is 0 Å². The summed E-state index contributed by atoms with van der Waals surface area (Å²) in [6.45, 7) is 4.34. The van der Waals surface area contributed by atoms with E-state index < -0.39 is 6.10 Å². The molecule has 0 fully saturated rings. The maximum absolute atomic E-state index is 10.0. The molecule has 94 valence electrons. The Balaban J connectivity index is 1.96. The number of aliphatic hydroxyl groups excluding tert-OH is 1. The summed E-state index contributed by atoms with van der Waals surface area (Å²) >= 11 is 0. The van der Waals surface area contributed by atoms with Gasteiger partial charge in [0.05, 0.1) is 6.10 Å². The highest BCUT2D eigenvalue weighted by Crippen LogP contribution is 2.14. The Morgan fingerprint density at radius 1 is 1.17 bits per heavy atom. The second-order valence-corrected chi connectivity index (χ2v) is 4.39. The molecule has 1 atom stereocenters. The van der Waals surface area contributed by atoms with Crippen LogP contribution in [0.2, 0.25) is 0 Å². The predicted molar refractivity (Wildman–Crippen MR) is 71.4 cm³/mol. The highest BCUT2D eigenvalue weighted by molar-refractivity contribution is 5.28. The van der Waals surface area contributed by atoms with E-state index in [0.717, 1.165) is 16.7 Å². The maximum Gasteiger partial charge on any atom is 0.222 e. The monoisotopic (exact) mass is 243 g/mol. The number of rotatable bonds is 4. The number of anilines is 1. The van der Waals surface area contributed by atoms with Gasteiger partial charge in [0.15, 0.2) is 0 Å². The van der Waals surface area contributed by atoms with E-state index in [1.807, 2.05) is 38.1 Å². The lowest BCUT2D eigenvalue weighted by Crippen LogP contribution is -2.13. The van der Waals surface area contributed by atoms with Crippen LogP contribution in [0.25, 0.3) is 0 Å². The van der Waals surface area contributed by atoms with Crippen molar-refractivity contribution in [3.05, 3.63) is 53.3 Å². The summed E-state index contributed by atoms with van der Waals surface area (Å²) in [6.07, 6.45) is 2.93. The number of aromatic nitrogens is 2. The third-order valence-electron chi connectivity index (χ3n) is 2.66. The molecule has 1 heterocycles. The normalized spacial score (nSPS) is 12.2. The molecule has 0 bridgehead atoms. The third-order valence-corrected chi connectivity index (χ3v) is 2.66. The first-order chi connectivity index (χ1) is 8.65. The lowest BCUT2D eigenvalue weighted by atomic mass is 10.1. The highest BCUT2D eigenvalue weighted by Gasteiger charge is 2.07. The number of aryl methyl sites for hydroxylation is 2. The first kappa shape index (κ1) is 12.5. The van der Waals surface area contributed by atoms with Crippen molar-refractivity contribution in [2.45, 2.75) is 20.0 Å². The average molecular weight is 243 g/mol. The fraction of sp³-hybridized carbons (Fsp3) is 0.286. The molecule has 0 aliphatic rings. The Morgan fingerprint density at radius 2 is 1.89 bits per heavy atom. The van der Waals surface area contributed by atoms with E-state index in [2.05, 4.69) is 15.3 Å². The smallest absolute Gasteiger partial charge is 0.222 e. The van der Waals surface area contributed by atoms with E-state index in [1.165, 1.54) is 0 Å². The second-order valence-electron chi connectivity index (χ2n) is 4.39. The zero-order valence-corrected chi connectivity index (χ0v) is 10.6. The lowest BCUT2D eigenvalue weighted by molar-refractivity contribution is 0.191. The van der Waals surface area contributed by atoms with Crippen molar-refractivity contribution < 1.29 is 5.11 Å². The Bertz CT molecular complexity index is 511. The maximum atomic E-state index is 10.0. The topological polar surface area (TPSA) is 58.0 Å². The van der Waals surface area contributed by atoms with Crippen LogP contribution in [0, 0.1) is 13.8 Å². The molecule has 2 rings (SSSR count). The number of nitrogens with zero attached hydrogens (tertiary/aromatic N) is 2. The minimum atomic E-state index is -0.560. The average Bonchev–Trinajstić information content (AvgIpc) is 2.38. The van der Waals surface area contributed by atoms with Crippen molar-refractivity contribution in [3.8, 4) is 0 Å². The summed E-state index contributed by atoms with van der Waals surface area (Å²) < 4.78 is 0. The van der Waals surface area contributed by atoms with Crippen molar-refractivity contribution in [2.24, 2.45) is 0 Å².